The number of hydrogen-bond acceptors (Lipinski definition) is 7. The zero-order valence-electron chi connectivity index (χ0n) is 17.1. The van der Waals surface area contributed by atoms with E-state index in [-0.39, 0.29) is 18.0 Å². The lowest BCUT2D eigenvalue weighted by Gasteiger charge is -2.15. The Kier molecular flexibility index (Phi) is 5.51. The summed E-state index contributed by atoms with van der Waals surface area (Å²) >= 11 is 1.57. The molecule has 2 aliphatic rings. The SMILES string of the molecule is CCCSc1nc(NC2CC2c2ccc(F)c(F)c2)c2nnn(C3CCCC3O)c2n1. The highest BCUT2D eigenvalue weighted by atomic mass is 32.2. The van der Waals surface area contributed by atoms with Gasteiger partial charge in [0.2, 0.25) is 0 Å². The van der Waals surface area contributed by atoms with Crippen molar-refractivity contribution in [3.05, 3.63) is 35.4 Å². The van der Waals surface area contributed by atoms with Crippen LogP contribution in [0.25, 0.3) is 11.2 Å². The summed E-state index contributed by atoms with van der Waals surface area (Å²) in [5.74, 6) is -0.103. The molecule has 0 saturated heterocycles. The quantitative estimate of drug-likeness (QED) is 0.418. The van der Waals surface area contributed by atoms with Gasteiger partial charge in [-0.2, -0.15) is 0 Å². The molecular formula is C21H24F2N6OS. The van der Waals surface area contributed by atoms with Crippen LogP contribution in [0.15, 0.2) is 23.4 Å². The monoisotopic (exact) mass is 446 g/mol. The number of aromatic nitrogens is 5. The molecule has 10 heteroatoms. The second kappa shape index (κ2) is 8.31. The Labute approximate surface area is 182 Å². The number of benzene rings is 1. The molecule has 2 fully saturated rings. The summed E-state index contributed by atoms with van der Waals surface area (Å²) in [6.45, 7) is 2.10. The van der Waals surface area contributed by atoms with Crippen molar-refractivity contribution in [1.29, 1.82) is 0 Å². The first-order valence-corrected chi connectivity index (χ1v) is 11.7. The molecule has 4 atom stereocenters. The number of aliphatic hydroxyl groups is 1. The minimum absolute atomic E-state index is 0.0502. The van der Waals surface area contributed by atoms with Crippen molar-refractivity contribution in [2.75, 3.05) is 11.1 Å². The zero-order chi connectivity index (χ0) is 21.5. The molecule has 1 aromatic carbocycles. The van der Waals surface area contributed by atoms with E-state index in [1.165, 1.54) is 12.1 Å². The second-order valence-electron chi connectivity index (χ2n) is 8.24. The van der Waals surface area contributed by atoms with Crippen molar-refractivity contribution >= 4 is 28.7 Å². The molecular weight excluding hydrogens is 422 g/mol. The van der Waals surface area contributed by atoms with Crippen LogP contribution in [0, 0.1) is 11.6 Å². The predicted octanol–water partition coefficient (Wildman–Crippen LogP) is 4.06. The number of rotatable bonds is 7. The Morgan fingerprint density at radius 3 is 2.84 bits per heavy atom. The largest absolute Gasteiger partial charge is 0.391 e. The molecule has 2 heterocycles. The third-order valence-electron chi connectivity index (χ3n) is 5.98. The summed E-state index contributed by atoms with van der Waals surface area (Å²) in [5.41, 5.74) is 1.95. The molecule has 0 spiro atoms. The number of fused-ring (bicyclic) bond motifs is 1. The molecule has 5 rings (SSSR count). The summed E-state index contributed by atoms with van der Waals surface area (Å²) in [6.07, 6.45) is 3.86. The van der Waals surface area contributed by atoms with Crippen LogP contribution in [0.5, 0.6) is 0 Å². The number of nitrogens with zero attached hydrogens (tertiary/aromatic N) is 5. The van der Waals surface area contributed by atoms with Crippen LogP contribution in [0.2, 0.25) is 0 Å². The number of anilines is 1. The van der Waals surface area contributed by atoms with Gasteiger partial charge in [0.05, 0.1) is 12.1 Å². The smallest absolute Gasteiger partial charge is 0.191 e. The maximum absolute atomic E-state index is 13.6. The van der Waals surface area contributed by atoms with Gasteiger partial charge in [0.1, 0.15) is 0 Å². The lowest BCUT2D eigenvalue weighted by molar-refractivity contribution is 0.131. The normalized spacial score (nSPS) is 25.3. The van der Waals surface area contributed by atoms with E-state index in [1.54, 1.807) is 22.5 Å². The van der Waals surface area contributed by atoms with Gasteiger partial charge in [0, 0.05) is 17.7 Å². The first-order chi connectivity index (χ1) is 15.0. The number of nitrogens with one attached hydrogen (secondary N) is 1. The number of hydrogen-bond donors (Lipinski definition) is 2. The van der Waals surface area contributed by atoms with Crippen molar-refractivity contribution in [3.63, 3.8) is 0 Å². The molecule has 4 unspecified atom stereocenters. The average Bonchev–Trinajstić information content (AvgIpc) is 3.18. The summed E-state index contributed by atoms with van der Waals surface area (Å²) in [6, 6.07) is 3.97. The summed E-state index contributed by atoms with van der Waals surface area (Å²) < 4.78 is 28.6. The fourth-order valence-electron chi connectivity index (χ4n) is 4.24. The van der Waals surface area contributed by atoms with E-state index in [0.717, 1.165) is 43.4 Å². The summed E-state index contributed by atoms with van der Waals surface area (Å²) in [7, 11) is 0. The first kappa shape index (κ1) is 20.6. The van der Waals surface area contributed by atoms with Gasteiger partial charge >= 0.3 is 0 Å². The zero-order valence-corrected chi connectivity index (χ0v) is 17.9. The number of halogens is 2. The minimum atomic E-state index is -0.838. The van der Waals surface area contributed by atoms with Crippen LogP contribution >= 0.6 is 11.8 Å². The standard InChI is InChI=1S/C21H24F2N6OS/c1-2-8-31-21-25-19(24-15-10-12(15)11-6-7-13(22)14(23)9-11)18-20(26-21)29(28-27-18)16-4-3-5-17(16)30/h6-7,9,12,15-17,30H,2-5,8,10H2,1H3,(H,24,25,26). The number of aliphatic hydroxyl groups excluding tert-OH is 1. The third kappa shape index (κ3) is 3.98. The highest BCUT2D eigenvalue weighted by molar-refractivity contribution is 7.99. The molecule has 7 nitrogen and oxygen atoms in total. The Hall–Kier alpha value is -2.33. The van der Waals surface area contributed by atoms with Crippen molar-refractivity contribution in [1.82, 2.24) is 25.0 Å². The van der Waals surface area contributed by atoms with Gasteiger partial charge in [-0.15, -0.1) is 5.10 Å². The van der Waals surface area contributed by atoms with Gasteiger partial charge in [-0.3, -0.25) is 0 Å². The van der Waals surface area contributed by atoms with Gasteiger partial charge in [-0.05, 0) is 49.8 Å². The second-order valence-corrected chi connectivity index (χ2v) is 9.30. The molecule has 3 aromatic rings. The van der Waals surface area contributed by atoms with E-state index in [4.69, 9.17) is 0 Å². The molecule has 0 aliphatic heterocycles. The van der Waals surface area contributed by atoms with Crippen LogP contribution in [0.1, 0.15) is 56.6 Å². The maximum atomic E-state index is 13.6. The molecule has 2 aliphatic carbocycles. The van der Waals surface area contributed by atoms with Crippen molar-refractivity contribution in [3.8, 4) is 0 Å². The van der Waals surface area contributed by atoms with Crippen LogP contribution in [0.3, 0.4) is 0 Å². The lowest BCUT2D eigenvalue weighted by atomic mass is 10.1. The van der Waals surface area contributed by atoms with Crippen molar-refractivity contribution < 1.29 is 13.9 Å². The van der Waals surface area contributed by atoms with Gasteiger partial charge in [-0.25, -0.2) is 23.4 Å². The molecule has 164 valence electrons. The third-order valence-corrected chi connectivity index (χ3v) is 7.03. The number of thioether (sulfide) groups is 1. The van der Waals surface area contributed by atoms with E-state index in [9.17, 15) is 13.9 Å². The fraction of sp³-hybridized carbons (Fsp3) is 0.524. The van der Waals surface area contributed by atoms with E-state index < -0.39 is 17.7 Å². The average molecular weight is 447 g/mol. The highest BCUT2D eigenvalue weighted by Crippen LogP contribution is 2.44. The van der Waals surface area contributed by atoms with Crippen molar-refractivity contribution in [2.45, 2.75) is 68.3 Å². The predicted molar refractivity (Wildman–Crippen MR) is 114 cm³/mol. The van der Waals surface area contributed by atoms with Crippen LogP contribution in [0.4, 0.5) is 14.6 Å². The first-order valence-electron chi connectivity index (χ1n) is 10.7. The van der Waals surface area contributed by atoms with Gasteiger partial charge in [0.15, 0.2) is 33.8 Å². The van der Waals surface area contributed by atoms with E-state index >= 15 is 0 Å². The lowest BCUT2D eigenvalue weighted by Crippen LogP contribution is -2.20. The molecule has 2 aromatic heterocycles. The Bertz CT molecular complexity index is 1110. The fourth-order valence-corrected chi connectivity index (χ4v) is 4.93. The molecule has 2 saturated carbocycles. The molecule has 31 heavy (non-hydrogen) atoms. The topological polar surface area (TPSA) is 88.8 Å². The van der Waals surface area contributed by atoms with Crippen LogP contribution in [-0.2, 0) is 0 Å². The van der Waals surface area contributed by atoms with E-state index in [2.05, 4.69) is 32.5 Å². The van der Waals surface area contributed by atoms with Crippen LogP contribution < -0.4 is 5.32 Å². The highest BCUT2D eigenvalue weighted by Gasteiger charge is 2.40. The van der Waals surface area contributed by atoms with Gasteiger partial charge < -0.3 is 10.4 Å². The van der Waals surface area contributed by atoms with Crippen molar-refractivity contribution in [2.24, 2.45) is 0 Å². The Morgan fingerprint density at radius 1 is 1.23 bits per heavy atom. The van der Waals surface area contributed by atoms with Gasteiger partial charge in [-0.1, -0.05) is 30.0 Å². The molecule has 2 N–H and O–H groups in total. The Balaban J connectivity index is 1.44. The molecule has 0 amide bonds. The van der Waals surface area contributed by atoms with E-state index in [1.807, 2.05) is 0 Å². The Morgan fingerprint density at radius 2 is 2.10 bits per heavy atom. The van der Waals surface area contributed by atoms with Gasteiger partial charge in [0.25, 0.3) is 0 Å². The summed E-state index contributed by atoms with van der Waals surface area (Å²) in [5, 5.41) is 23.0. The van der Waals surface area contributed by atoms with E-state index in [0.29, 0.717) is 22.1 Å². The minimum Gasteiger partial charge on any atom is -0.391 e. The molecule has 0 radical (unpaired) electrons. The molecule has 0 bridgehead atoms. The summed E-state index contributed by atoms with van der Waals surface area (Å²) in [4.78, 5) is 9.35. The maximum Gasteiger partial charge on any atom is 0.191 e. The van der Waals surface area contributed by atoms with Crippen LogP contribution in [-0.4, -0.2) is 48.0 Å².